The number of hydrogen-bond acceptors (Lipinski definition) is 1. The summed E-state index contributed by atoms with van der Waals surface area (Å²) < 4.78 is 0. The third kappa shape index (κ3) is 0.911. The molecule has 86 valence electrons. The zero-order chi connectivity index (χ0) is 11.7. The first-order valence-corrected chi connectivity index (χ1v) is 6.30. The Morgan fingerprint density at radius 2 is 1.88 bits per heavy atom. The van der Waals surface area contributed by atoms with Crippen molar-refractivity contribution in [2.75, 3.05) is 0 Å². The molecule has 0 amide bonds. The molecule has 4 unspecified atom stereocenters. The van der Waals surface area contributed by atoms with Gasteiger partial charge in [-0.1, -0.05) is 30.2 Å². The SMILES string of the molecule is CC1=CCC2(C)C(=O)C3(C)C=C(C)C2CC13. The van der Waals surface area contributed by atoms with Crippen LogP contribution < -0.4 is 0 Å². The van der Waals surface area contributed by atoms with Crippen molar-refractivity contribution >= 4 is 5.78 Å². The Labute approximate surface area is 97.6 Å². The van der Waals surface area contributed by atoms with E-state index < -0.39 is 0 Å². The number of allylic oxidation sites excluding steroid dienone is 4. The highest BCUT2D eigenvalue weighted by molar-refractivity contribution is 5.95. The molecule has 0 aliphatic heterocycles. The summed E-state index contributed by atoms with van der Waals surface area (Å²) in [5, 5.41) is 0. The summed E-state index contributed by atoms with van der Waals surface area (Å²) in [6.45, 7) is 8.75. The van der Waals surface area contributed by atoms with E-state index in [1.54, 1.807) is 0 Å². The van der Waals surface area contributed by atoms with Crippen LogP contribution in [0.3, 0.4) is 0 Å². The van der Waals surface area contributed by atoms with E-state index in [2.05, 4.69) is 39.8 Å². The van der Waals surface area contributed by atoms with Gasteiger partial charge in [0.05, 0.1) is 5.41 Å². The van der Waals surface area contributed by atoms with Gasteiger partial charge in [0.1, 0.15) is 5.78 Å². The third-order valence-electron chi connectivity index (χ3n) is 5.45. The van der Waals surface area contributed by atoms with Gasteiger partial charge >= 0.3 is 0 Å². The highest BCUT2D eigenvalue weighted by Crippen LogP contribution is 2.62. The molecule has 0 aromatic rings. The van der Waals surface area contributed by atoms with Crippen LogP contribution in [0.25, 0.3) is 0 Å². The molecule has 4 bridgehead atoms. The fourth-order valence-electron chi connectivity index (χ4n) is 4.51. The molecule has 0 spiro atoms. The van der Waals surface area contributed by atoms with Gasteiger partial charge in [0.25, 0.3) is 0 Å². The van der Waals surface area contributed by atoms with Crippen molar-refractivity contribution in [1.82, 2.24) is 0 Å². The zero-order valence-electron chi connectivity index (χ0n) is 10.6. The van der Waals surface area contributed by atoms with Crippen molar-refractivity contribution in [3.05, 3.63) is 23.3 Å². The number of fused-ring (bicyclic) bond motifs is 1. The first-order valence-electron chi connectivity index (χ1n) is 6.30. The van der Waals surface area contributed by atoms with Gasteiger partial charge in [-0.2, -0.15) is 0 Å². The molecule has 1 nitrogen and oxygen atoms in total. The molecular formula is C15H20O. The maximum absolute atomic E-state index is 12.7. The average Bonchev–Trinajstić information content (AvgIpc) is 2.37. The van der Waals surface area contributed by atoms with E-state index in [0.29, 0.717) is 17.6 Å². The maximum Gasteiger partial charge on any atom is 0.149 e. The van der Waals surface area contributed by atoms with Crippen LogP contribution in [0.2, 0.25) is 0 Å². The lowest BCUT2D eigenvalue weighted by Crippen LogP contribution is -2.55. The lowest BCUT2D eigenvalue weighted by atomic mass is 9.47. The van der Waals surface area contributed by atoms with Crippen LogP contribution in [-0.2, 0) is 4.79 Å². The molecule has 0 heterocycles. The van der Waals surface area contributed by atoms with E-state index in [1.165, 1.54) is 17.6 Å². The average molecular weight is 216 g/mol. The van der Waals surface area contributed by atoms with E-state index in [9.17, 15) is 4.79 Å². The summed E-state index contributed by atoms with van der Waals surface area (Å²) in [4.78, 5) is 12.7. The Bertz CT molecular complexity index is 442. The minimum absolute atomic E-state index is 0.123. The van der Waals surface area contributed by atoms with E-state index in [4.69, 9.17) is 0 Å². The number of ketones is 1. The van der Waals surface area contributed by atoms with Gasteiger partial charge in [0.2, 0.25) is 0 Å². The van der Waals surface area contributed by atoms with E-state index in [-0.39, 0.29) is 10.8 Å². The Kier molecular flexibility index (Phi) is 1.74. The van der Waals surface area contributed by atoms with Crippen LogP contribution >= 0.6 is 0 Å². The predicted octanol–water partition coefficient (Wildman–Crippen LogP) is 3.51. The van der Waals surface area contributed by atoms with E-state index in [1.807, 2.05) is 0 Å². The smallest absolute Gasteiger partial charge is 0.149 e. The molecule has 0 N–H and O–H groups in total. The minimum Gasteiger partial charge on any atom is -0.298 e. The fourth-order valence-corrected chi connectivity index (χ4v) is 4.51. The molecule has 4 atom stereocenters. The summed E-state index contributed by atoms with van der Waals surface area (Å²) in [7, 11) is 0. The van der Waals surface area contributed by atoms with Crippen LogP contribution in [-0.4, -0.2) is 5.78 Å². The maximum atomic E-state index is 12.7. The Morgan fingerprint density at radius 1 is 1.19 bits per heavy atom. The second kappa shape index (κ2) is 2.69. The number of carbonyl (C=O) groups is 1. The molecule has 0 aromatic carbocycles. The third-order valence-corrected chi connectivity index (χ3v) is 5.45. The molecule has 5 rings (SSSR count). The second-order valence-corrected chi connectivity index (χ2v) is 6.41. The second-order valence-electron chi connectivity index (χ2n) is 6.41. The summed E-state index contributed by atoms with van der Waals surface area (Å²) in [6, 6.07) is 0. The van der Waals surface area contributed by atoms with Gasteiger partial charge in [0.15, 0.2) is 0 Å². The lowest BCUT2D eigenvalue weighted by molar-refractivity contribution is -0.146. The van der Waals surface area contributed by atoms with Gasteiger partial charge in [-0.15, -0.1) is 0 Å². The Hall–Kier alpha value is -0.850. The molecule has 1 saturated carbocycles. The summed E-state index contributed by atoms with van der Waals surface area (Å²) in [5.41, 5.74) is 2.54. The van der Waals surface area contributed by atoms with E-state index in [0.717, 1.165) is 6.42 Å². The highest BCUT2D eigenvalue weighted by Gasteiger charge is 2.61. The largest absolute Gasteiger partial charge is 0.298 e. The van der Waals surface area contributed by atoms with Crippen molar-refractivity contribution < 1.29 is 4.79 Å². The molecule has 0 aromatic heterocycles. The summed E-state index contributed by atoms with van der Waals surface area (Å²) in [6.07, 6.45) is 6.71. The van der Waals surface area contributed by atoms with Crippen LogP contribution in [0.5, 0.6) is 0 Å². The molecule has 1 heteroatoms. The van der Waals surface area contributed by atoms with Crippen LogP contribution in [0.1, 0.15) is 40.5 Å². The molecule has 16 heavy (non-hydrogen) atoms. The van der Waals surface area contributed by atoms with E-state index >= 15 is 0 Å². The quantitative estimate of drug-likeness (QED) is 0.566. The minimum atomic E-state index is -0.218. The number of Topliss-reactive ketones (excluding diaryl/α,β-unsaturated/α-hetero) is 1. The molecule has 0 saturated heterocycles. The van der Waals surface area contributed by atoms with Gasteiger partial charge in [-0.25, -0.2) is 0 Å². The lowest BCUT2D eigenvalue weighted by Gasteiger charge is -2.54. The van der Waals surface area contributed by atoms with Gasteiger partial charge in [0, 0.05) is 5.41 Å². The monoisotopic (exact) mass is 216 g/mol. The van der Waals surface area contributed by atoms with Crippen molar-refractivity contribution in [3.63, 3.8) is 0 Å². The first-order chi connectivity index (χ1) is 7.39. The Morgan fingerprint density at radius 3 is 2.56 bits per heavy atom. The molecule has 5 aliphatic rings. The topological polar surface area (TPSA) is 17.1 Å². The summed E-state index contributed by atoms with van der Waals surface area (Å²) in [5.74, 6) is 1.43. The van der Waals surface area contributed by atoms with Crippen molar-refractivity contribution in [1.29, 1.82) is 0 Å². The van der Waals surface area contributed by atoms with Crippen LogP contribution in [0.4, 0.5) is 0 Å². The van der Waals surface area contributed by atoms with Crippen LogP contribution in [0.15, 0.2) is 23.3 Å². The van der Waals surface area contributed by atoms with Gasteiger partial charge in [-0.3, -0.25) is 4.79 Å². The van der Waals surface area contributed by atoms with Gasteiger partial charge < -0.3 is 0 Å². The normalized spacial score (nSPS) is 50.1. The van der Waals surface area contributed by atoms with Gasteiger partial charge in [-0.05, 0) is 45.4 Å². The zero-order valence-corrected chi connectivity index (χ0v) is 10.6. The number of hydrogen-bond donors (Lipinski definition) is 0. The van der Waals surface area contributed by atoms with Crippen molar-refractivity contribution in [2.45, 2.75) is 40.5 Å². The molecule has 0 radical (unpaired) electrons. The van der Waals surface area contributed by atoms with Crippen molar-refractivity contribution in [3.8, 4) is 0 Å². The first kappa shape index (κ1) is 10.3. The number of carbonyl (C=O) groups excluding carboxylic acids is 1. The number of rotatable bonds is 0. The standard InChI is InChI=1S/C15H20O/c1-9-5-6-14(3)12-7-11(9)15(4,13(14)16)8-10(12)2/h5,8,11-12H,6-7H2,1-4H3. The molecule has 5 aliphatic carbocycles. The summed E-state index contributed by atoms with van der Waals surface area (Å²) >= 11 is 0. The predicted molar refractivity (Wildman–Crippen MR) is 64.9 cm³/mol. The van der Waals surface area contributed by atoms with Crippen LogP contribution in [0, 0.1) is 22.7 Å². The highest BCUT2D eigenvalue weighted by atomic mass is 16.1. The fraction of sp³-hybridized carbons (Fsp3) is 0.667. The molecule has 1 fully saturated rings. The molecular weight excluding hydrogens is 196 g/mol. The Balaban J connectivity index is 2.29. The van der Waals surface area contributed by atoms with Crippen molar-refractivity contribution in [2.24, 2.45) is 22.7 Å².